The molecule has 23 heavy (non-hydrogen) atoms. The van der Waals surface area contributed by atoms with Gasteiger partial charge in [-0.25, -0.2) is 9.48 Å². The Labute approximate surface area is 137 Å². The van der Waals surface area contributed by atoms with Gasteiger partial charge >= 0.3 is 5.97 Å². The number of esters is 1. The van der Waals surface area contributed by atoms with E-state index in [2.05, 4.69) is 29.7 Å². The molecule has 0 aliphatic rings. The van der Waals surface area contributed by atoms with Crippen LogP contribution in [0.1, 0.15) is 10.4 Å². The fraction of sp³-hybridized carbons (Fsp3) is 0.438. The summed E-state index contributed by atoms with van der Waals surface area (Å²) in [4.78, 5) is 15.6. The molecule has 0 atom stereocenters. The van der Waals surface area contributed by atoms with Crippen molar-refractivity contribution in [1.29, 1.82) is 0 Å². The van der Waals surface area contributed by atoms with Crippen LogP contribution in [0.3, 0.4) is 0 Å². The Morgan fingerprint density at radius 1 is 1.22 bits per heavy atom. The quantitative estimate of drug-likeness (QED) is 0.443. The Morgan fingerprint density at radius 2 is 2.00 bits per heavy atom. The van der Waals surface area contributed by atoms with Gasteiger partial charge in [0.15, 0.2) is 0 Å². The Morgan fingerprint density at radius 3 is 2.70 bits per heavy atom. The monoisotopic (exact) mass is 333 g/mol. The lowest BCUT2D eigenvalue weighted by molar-refractivity contribution is 0.0600. The molecular weight excluding hydrogens is 310 g/mol. The largest absolute Gasteiger partial charge is 0.465 e. The summed E-state index contributed by atoms with van der Waals surface area (Å²) in [5, 5.41) is 4.28. The van der Waals surface area contributed by atoms with Gasteiger partial charge in [0.25, 0.3) is 0 Å². The van der Waals surface area contributed by atoms with Crippen LogP contribution in [0.15, 0.2) is 30.9 Å². The molecule has 2 rings (SSSR count). The third kappa shape index (κ3) is 5.29. The average molecular weight is 333 g/mol. The van der Waals surface area contributed by atoms with Crippen molar-refractivity contribution in [3.63, 3.8) is 0 Å². The number of rotatable bonds is 7. The van der Waals surface area contributed by atoms with E-state index in [1.54, 1.807) is 23.1 Å². The first-order valence-corrected chi connectivity index (χ1v) is 11.2. The van der Waals surface area contributed by atoms with Gasteiger partial charge in [-0.3, -0.25) is 4.98 Å². The summed E-state index contributed by atoms with van der Waals surface area (Å²) in [7, 11) is 0.282. The molecule has 2 heterocycles. The standard InChI is InChI=1S/C16H23N3O3Si/c1-21-16(20)14-7-13(8-17-9-14)15-10-18-19(11-15)12-22-5-6-23(2,3)4/h7-11H,5-6,12H2,1-4H3. The maximum atomic E-state index is 11.6. The van der Waals surface area contributed by atoms with Gasteiger partial charge in [0.2, 0.25) is 0 Å². The first-order chi connectivity index (χ1) is 10.9. The van der Waals surface area contributed by atoms with Crippen molar-refractivity contribution >= 4 is 14.0 Å². The zero-order valence-electron chi connectivity index (χ0n) is 14.1. The van der Waals surface area contributed by atoms with E-state index in [9.17, 15) is 4.79 Å². The molecule has 0 spiro atoms. The summed E-state index contributed by atoms with van der Waals surface area (Å²) >= 11 is 0. The van der Waals surface area contributed by atoms with Crippen molar-refractivity contribution in [2.45, 2.75) is 32.4 Å². The summed E-state index contributed by atoms with van der Waals surface area (Å²) < 4.78 is 12.1. The molecule has 0 aliphatic carbocycles. The van der Waals surface area contributed by atoms with E-state index < -0.39 is 14.0 Å². The Kier molecular flexibility index (Phi) is 5.67. The predicted octanol–water partition coefficient (Wildman–Crippen LogP) is 3.04. The summed E-state index contributed by atoms with van der Waals surface area (Å²) in [6, 6.07) is 2.87. The topological polar surface area (TPSA) is 66.2 Å². The lowest BCUT2D eigenvalue weighted by Crippen LogP contribution is -2.22. The van der Waals surface area contributed by atoms with Crippen LogP contribution in [0, 0.1) is 0 Å². The molecule has 2 aromatic rings. The molecule has 7 heteroatoms. The van der Waals surface area contributed by atoms with E-state index in [1.807, 2.05) is 6.20 Å². The number of pyridine rings is 1. The number of methoxy groups -OCH3 is 1. The number of ether oxygens (including phenoxy) is 2. The fourth-order valence-electron chi connectivity index (χ4n) is 1.95. The number of carbonyl (C=O) groups excluding carboxylic acids is 1. The molecule has 0 bridgehead atoms. The predicted molar refractivity (Wildman–Crippen MR) is 90.9 cm³/mol. The molecule has 0 radical (unpaired) electrons. The van der Waals surface area contributed by atoms with Crippen LogP contribution in [-0.4, -0.2) is 42.5 Å². The molecule has 0 amide bonds. The fourth-order valence-corrected chi connectivity index (χ4v) is 2.70. The van der Waals surface area contributed by atoms with Crippen molar-refractivity contribution in [3.05, 3.63) is 36.4 Å². The maximum absolute atomic E-state index is 11.6. The first kappa shape index (κ1) is 17.4. The lowest BCUT2D eigenvalue weighted by Gasteiger charge is -2.15. The van der Waals surface area contributed by atoms with E-state index in [0.717, 1.165) is 23.8 Å². The van der Waals surface area contributed by atoms with Gasteiger partial charge in [-0.05, 0) is 12.1 Å². The molecular formula is C16H23N3O3Si. The van der Waals surface area contributed by atoms with Crippen LogP contribution in [-0.2, 0) is 16.2 Å². The van der Waals surface area contributed by atoms with Gasteiger partial charge in [-0.15, -0.1) is 0 Å². The SMILES string of the molecule is COC(=O)c1cncc(-c2cnn(COCC[Si](C)(C)C)c2)c1. The summed E-state index contributed by atoms with van der Waals surface area (Å²) in [5.74, 6) is -0.401. The van der Waals surface area contributed by atoms with Crippen molar-refractivity contribution in [1.82, 2.24) is 14.8 Å². The molecule has 124 valence electrons. The molecule has 0 N–H and O–H groups in total. The Balaban J connectivity index is 1.98. The summed E-state index contributed by atoms with van der Waals surface area (Å²) in [6.45, 7) is 8.15. The number of nitrogens with zero attached hydrogens (tertiary/aromatic N) is 3. The number of aromatic nitrogens is 3. The van der Waals surface area contributed by atoms with E-state index in [4.69, 9.17) is 9.47 Å². The van der Waals surface area contributed by atoms with Crippen LogP contribution in [0.25, 0.3) is 11.1 Å². The van der Waals surface area contributed by atoms with Crippen LogP contribution >= 0.6 is 0 Å². The van der Waals surface area contributed by atoms with Crippen LogP contribution < -0.4 is 0 Å². The highest BCUT2D eigenvalue weighted by atomic mass is 28.3. The highest BCUT2D eigenvalue weighted by Crippen LogP contribution is 2.19. The molecule has 0 aliphatic heterocycles. The number of carbonyl (C=O) groups is 1. The van der Waals surface area contributed by atoms with Gasteiger partial charge in [-0.1, -0.05) is 19.6 Å². The Hall–Kier alpha value is -1.99. The third-order valence-electron chi connectivity index (χ3n) is 3.35. The minimum atomic E-state index is -1.07. The van der Waals surface area contributed by atoms with Crippen molar-refractivity contribution in [2.75, 3.05) is 13.7 Å². The zero-order valence-corrected chi connectivity index (χ0v) is 15.1. The van der Waals surface area contributed by atoms with E-state index in [1.165, 1.54) is 13.3 Å². The maximum Gasteiger partial charge on any atom is 0.339 e. The van der Waals surface area contributed by atoms with E-state index >= 15 is 0 Å². The second kappa shape index (κ2) is 7.52. The first-order valence-electron chi connectivity index (χ1n) is 7.53. The molecule has 0 saturated carbocycles. The normalized spacial score (nSPS) is 11.5. The summed E-state index contributed by atoms with van der Waals surface area (Å²) in [5.41, 5.74) is 2.13. The smallest absolute Gasteiger partial charge is 0.339 e. The molecule has 2 aromatic heterocycles. The van der Waals surface area contributed by atoms with E-state index in [0.29, 0.717) is 12.3 Å². The second-order valence-corrected chi connectivity index (χ2v) is 12.2. The van der Waals surface area contributed by atoms with Crippen LogP contribution in [0.4, 0.5) is 0 Å². The Bertz CT molecular complexity index is 665. The van der Waals surface area contributed by atoms with Crippen LogP contribution in [0.5, 0.6) is 0 Å². The number of hydrogen-bond donors (Lipinski definition) is 0. The molecule has 6 nitrogen and oxygen atoms in total. The number of hydrogen-bond acceptors (Lipinski definition) is 5. The zero-order chi connectivity index (χ0) is 16.9. The van der Waals surface area contributed by atoms with Gasteiger partial charge in [-0.2, -0.15) is 5.10 Å². The summed E-state index contributed by atoms with van der Waals surface area (Å²) in [6.07, 6.45) is 6.80. The van der Waals surface area contributed by atoms with Crippen LogP contribution in [0.2, 0.25) is 25.7 Å². The highest BCUT2D eigenvalue weighted by molar-refractivity contribution is 6.76. The average Bonchev–Trinajstić information content (AvgIpc) is 2.99. The molecule has 0 unspecified atom stereocenters. The van der Waals surface area contributed by atoms with Gasteiger partial charge in [0, 0.05) is 44.4 Å². The molecule has 0 saturated heterocycles. The minimum Gasteiger partial charge on any atom is -0.465 e. The third-order valence-corrected chi connectivity index (χ3v) is 5.05. The van der Waals surface area contributed by atoms with Gasteiger partial charge in [0.05, 0.1) is 18.9 Å². The molecule has 0 aromatic carbocycles. The van der Waals surface area contributed by atoms with E-state index in [-0.39, 0.29) is 0 Å². The van der Waals surface area contributed by atoms with Gasteiger partial charge in [0.1, 0.15) is 6.73 Å². The van der Waals surface area contributed by atoms with Gasteiger partial charge < -0.3 is 9.47 Å². The van der Waals surface area contributed by atoms with Crippen molar-refractivity contribution in [3.8, 4) is 11.1 Å². The second-order valence-electron chi connectivity index (χ2n) is 6.57. The van der Waals surface area contributed by atoms with Crippen molar-refractivity contribution in [2.24, 2.45) is 0 Å². The minimum absolute atomic E-state index is 0.401. The lowest BCUT2D eigenvalue weighted by atomic mass is 10.1. The van der Waals surface area contributed by atoms with Crippen molar-refractivity contribution < 1.29 is 14.3 Å². The highest BCUT2D eigenvalue weighted by Gasteiger charge is 2.12. The molecule has 0 fully saturated rings.